The lowest BCUT2D eigenvalue weighted by Crippen LogP contribution is -2.02. The van der Waals surface area contributed by atoms with Gasteiger partial charge in [-0.3, -0.25) is 0 Å². The molecule has 1 nitrogen and oxygen atoms in total. The molecule has 1 unspecified atom stereocenters. The number of rotatable bonds is 4. The van der Waals surface area contributed by atoms with Crippen molar-refractivity contribution < 1.29 is 5.11 Å². The van der Waals surface area contributed by atoms with Crippen LogP contribution in [0.1, 0.15) is 23.5 Å². The molecule has 13 heavy (non-hydrogen) atoms. The maximum absolute atomic E-state index is 9.13. The Morgan fingerprint density at radius 3 is 2.46 bits per heavy atom. The number of hydrogen-bond acceptors (Lipinski definition) is 1. The Morgan fingerprint density at radius 1 is 1.38 bits per heavy atom. The van der Waals surface area contributed by atoms with E-state index < -0.39 is 0 Å². The van der Waals surface area contributed by atoms with Crippen LogP contribution in [0.4, 0.5) is 0 Å². The van der Waals surface area contributed by atoms with E-state index in [1.165, 1.54) is 11.1 Å². The van der Waals surface area contributed by atoms with E-state index in [0.717, 1.165) is 6.42 Å². The lowest BCUT2D eigenvalue weighted by molar-refractivity contribution is 0.266. The Bertz CT molecular complexity index is 261. The molecular weight excluding hydrogens is 160 g/mol. The van der Waals surface area contributed by atoms with E-state index in [4.69, 9.17) is 5.11 Å². The van der Waals surface area contributed by atoms with Crippen molar-refractivity contribution in [3.05, 3.63) is 48.0 Å². The number of aliphatic hydroxyl groups excluding tert-OH is 1. The maximum Gasteiger partial charge on any atom is 0.0502 e. The summed E-state index contributed by atoms with van der Waals surface area (Å²) in [5, 5.41) is 9.13. The van der Waals surface area contributed by atoms with Gasteiger partial charge in [0.25, 0.3) is 0 Å². The minimum absolute atomic E-state index is 0.190. The molecule has 70 valence electrons. The van der Waals surface area contributed by atoms with Crippen LogP contribution in [-0.2, 0) is 0 Å². The summed E-state index contributed by atoms with van der Waals surface area (Å²) in [6, 6.07) is 8.28. The largest absolute Gasteiger partial charge is 0.396 e. The zero-order chi connectivity index (χ0) is 9.68. The number of aryl methyl sites for hydroxylation is 1. The summed E-state index contributed by atoms with van der Waals surface area (Å²) >= 11 is 0. The summed E-state index contributed by atoms with van der Waals surface area (Å²) in [4.78, 5) is 0. The highest BCUT2D eigenvalue weighted by Gasteiger charge is 2.07. The minimum Gasteiger partial charge on any atom is -0.396 e. The van der Waals surface area contributed by atoms with Crippen molar-refractivity contribution in [2.24, 2.45) is 0 Å². The molecule has 1 aromatic rings. The number of hydrogen-bond donors (Lipinski definition) is 1. The summed E-state index contributed by atoms with van der Waals surface area (Å²) < 4.78 is 0. The first-order valence-electron chi connectivity index (χ1n) is 4.56. The molecular formula is C12H16O. The van der Waals surface area contributed by atoms with Crippen molar-refractivity contribution in [2.45, 2.75) is 19.3 Å². The molecule has 0 bridgehead atoms. The van der Waals surface area contributed by atoms with Crippen LogP contribution >= 0.6 is 0 Å². The van der Waals surface area contributed by atoms with Crippen molar-refractivity contribution in [3.8, 4) is 0 Å². The summed E-state index contributed by atoms with van der Waals surface area (Å²) in [6.07, 6.45) is 2.68. The average molecular weight is 176 g/mol. The first-order valence-corrected chi connectivity index (χ1v) is 4.56. The van der Waals surface area contributed by atoms with Gasteiger partial charge in [-0.05, 0) is 18.9 Å². The van der Waals surface area contributed by atoms with Gasteiger partial charge in [0.15, 0.2) is 0 Å². The van der Waals surface area contributed by atoms with Crippen LogP contribution in [0.5, 0.6) is 0 Å². The zero-order valence-corrected chi connectivity index (χ0v) is 8.03. The third-order valence-electron chi connectivity index (χ3n) is 2.22. The molecule has 0 heterocycles. The van der Waals surface area contributed by atoms with Crippen molar-refractivity contribution in [2.75, 3.05) is 6.61 Å². The number of aliphatic hydroxyl groups is 1. The monoisotopic (exact) mass is 176 g/mol. The maximum atomic E-state index is 9.13. The molecule has 0 aliphatic heterocycles. The van der Waals surface area contributed by atoms with Crippen LogP contribution in [0.3, 0.4) is 0 Å². The fraction of sp³-hybridized carbons (Fsp3) is 0.333. The molecule has 0 spiro atoms. The van der Waals surface area contributed by atoms with E-state index in [1.54, 1.807) is 0 Å². The average Bonchev–Trinajstić information content (AvgIpc) is 2.16. The van der Waals surface area contributed by atoms with Gasteiger partial charge in [0, 0.05) is 5.92 Å². The summed E-state index contributed by atoms with van der Waals surface area (Å²) in [7, 11) is 0. The fourth-order valence-electron chi connectivity index (χ4n) is 1.36. The SMILES string of the molecule is C=CCC(CO)c1ccc(C)cc1. The molecule has 0 amide bonds. The third-order valence-corrected chi connectivity index (χ3v) is 2.22. The Balaban J connectivity index is 2.78. The summed E-state index contributed by atoms with van der Waals surface area (Å²) in [5.74, 6) is 0.207. The lowest BCUT2D eigenvalue weighted by atomic mass is 9.96. The van der Waals surface area contributed by atoms with E-state index in [-0.39, 0.29) is 12.5 Å². The topological polar surface area (TPSA) is 20.2 Å². The molecule has 0 saturated carbocycles. The van der Waals surface area contributed by atoms with Crippen LogP contribution in [0.15, 0.2) is 36.9 Å². The zero-order valence-electron chi connectivity index (χ0n) is 8.03. The van der Waals surface area contributed by atoms with Crippen LogP contribution in [-0.4, -0.2) is 11.7 Å². The molecule has 0 aromatic heterocycles. The fourth-order valence-corrected chi connectivity index (χ4v) is 1.36. The third kappa shape index (κ3) is 2.71. The predicted molar refractivity (Wildman–Crippen MR) is 55.8 cm³/mol. The van der Waals surface area contributed by atoms with Crippen LogP contribution in [0.2, 0.25) is 0 Å². The molecule has 0 saturated heterocycles. The van der Waals surface area contributed by atoms with E-state index in [0.29, 0.717) is 0 Å². The van der Waals surface area contributed by atoms with Gasteiger partial charge in [-0.2, -0.15) is 0 Å². The Hall–Kier alpha value is -1.08. The second kappa shape index (κ2) is 4.83. The standard InChI is InChI=1S/C12H16O/c1-3-4-12(9-13)11-7-5-10(2)6-8-11/h3,5-8,12-13H,1,4,9H2,2H3. The van der Waals surface area contributed by atoms with E-state index in [9.17, 15) is 0 Å². The highest BCUT2D eigenvalue weighted by Crippen LogP contribution is 2.19. The highest BCUT2D eigenvalue weighted by atomic mass is 16.3. The van der Waals surface area contributed by atoms with E-state index in [1.807, 2.05) is 6.08 Å². The van der Waals surface area contributed by atoms with Gasteiger partial charge >= 0.3 is 0 Å². The molecule has 1 N–H and O–H groups in total. The van der Waals surface area contributed by atoms with Gasteiger partial charge in [-0.1, -0.05) is 35.9 Å². The van der Waals surface area contributed by atoms with Crippen molar-refractivity contribution in [1.82, 2.24) is 0 Å². The predicted octanol–water partition coefficient (Wildman–Crippen LogP) is 2.65. The van der Waals surface area contributed by atoms with Crippen LogP contribution in [0.25, 0.3) is 0 Å². The molecule has 0 radical (unpaired) electrons. The van der Waals surface area contributed by atoms with Gasteiger partial charge in [0.2, 0.25) is 0 Å². The normalized spacial score (nSPS) is 12.5. The second-order valence-electron chi connectivity index (χ2n) is 3.31. The van der Waals surface area contributed by atoms with E-state index >= 15 is 0 Å². The molecule has 0 fully saturated rings. The number of allylic oxidation sites excluding steroid dienone is 1. The first kappa shape index (κ1) is 10.0. The van der Waals surface area contributed by atoms with Crippen molar-refractivity contribution >= 4 is 0 Å². The molecule has 1 atom stereocenters. The number of benzene rings is 1. The quantitative estimate of drug-likeness (QED) is 0.699. The van der Waals surface area contributed by atoms with E-state index in [2.05, 4.69) is 37.8 Å². The van der Waals surface area contributed by atoms with Crippen molar-refractivity contribution in [3.63, 3.8) is 0 Å². The summed E-state index contributed by atoms with van der Waals surface area (Å²) in [5.41, 5.74) is 2.44. The van der Waals surface area contributed by atoms with Gasteiger partial charge in [0.05, 0.1) is 6.61 Å². The smallest absolute Gasteiger partial charge is 0.0502 e. The Kier molecular flexibility index (Phi) is 3.71. The molecule has 1 rings (SSSR count). The van der Waals surface area contributed by atoms with Gasteiger partial charge < -0.3 is 5.11 Å². The molecule has 0 aliphatic carbocycles. The highest BCUT2D eigenvalue weighted by molar-refractivity contribution is 5.24. The Labute approximate surface area is 79.7 Å². The molecule has 0 aliphatic rings. The second-order valence-corrected chi connectivity index (χ2v) is 3.31. The molecule has 1 heteroatoms. The van der Waals surface area contributed by atoms with Crippen molar-refractivity contribution in [1.29, 1.82) is 0 Å². The lowest BCUT2D eigenvalue weighted by Gasteiger charge is -2.11. The minimum atomic E-state index is 0.190. The van der Waals surface area contributed by atoms with Crippen LogP contribution in [0, 0.1) is 6.92 Å². The van der Waals surface area contributed by atoms with Crippen LogP contribution < -0.4 is 0 Å². The van der Waals surface area contributed by atoms with Gasteiger partial charge in [0.1, 0.15) is 0 Å². The first-order chi connectivity index (χ1) is 6.27. The molecule has 1 aromatic carbocycles. The van der Waals surface area contributed by atoms with Gasteiger partial charge in [-0.15, -0.1) is 6.58 Å². The van der Waals surface area contributed by atoms with Gasteiger partial charge in [-0.25, -0.2) is 0 Å². The summed E-state index contributed by atoms with van der Waals surface area (Å²) in [6.45, 7) is 5.93. The Morgan fingerprint density at radius 2 is 2.00 bits per heavy atom.